The lowest BCUT2D eigenvalue weighted by atomic mass is 10.2. The molecule has 6 rings (SSSR count). The van der Waals surface area contributed by atoms with E-state index in [1.165, 1.54) is 22.7 Å². The van der Waals surface area contributed by atoms with Crippen molar-refractivity contribution in [3.63, 3.8) is 0 Å². The molecule has 4 amide bonds. The first-order chi connectivity index (χ1) is 27.8. The second-order valence-electron chi connectivity index (χ2n) is 13.9. The first-order valence-corrected chi connectivity index (χ1v) is 22.0. The number of ether oxygens (including phenoxy) is 2. The molecule has 0 fully saturated rings. The van der Waals surface area contributed by atoms with Crippen LogP contribution in [0.3, 0.4) is 0 Å². The van der Waals surface area contributed by atoms with Crippen LogP contribution >= 0.6 is 46.2 Å². The summed E-state index contributed by atoms with van der Waals surface area (Å²) in [7, 11) is 1.90. The molecule has 1 atom stereocenters. The largest absolute Gasteiger partial charge is 0.491 e. The molecule has 4 heterocycles. The number of hydrogen-bond acceptors (Lipinski definition) is 13. The van der Waals surface area contributed by atoms with E-state index in [9.17, 15) is 9.59 Å². The van der Waals surface area contributed by atoms with Gasteiger partial charge >= 0.3 is 12.1 Å². The molecule has 6 aromatic rings. The summed E-state index contributed by atoms with van der Waals surface area (Å²) >= 11 is 6.05. The lowest BCUT2D eigenvalue weighted by molar-refractivity contribution is 0.260. The minimum Gasteiger partial charge on any atom is -0.491 e. The van der Waals surface area contributed by atoms with Gasteiger partial charge in [0, 0.05) is 52.6 Å². The van der Waals surface area contributed by atoms with Crippen LogP contribution in [0.5, 0.6) is 11.5 Å². The van der Waals surface area contributed by atoms with Crippen LogP contribution in [-0.2, 0) is 12.8 Å². The summed E-state index contributed by atoms with van der Waals surface area (Å²) in [5.74, 6) is 2.82. The van der Waals surface area contributed by atoms with E-state index in [0.29, 0.717) is 63.9 Å². The van der Waals surface area contributed by atoms with Crippen molar-refractivity contribution in [2.45, 2.75) is 69.8 Å². The van der Waals surface area contributed by atoms with E-state index >= 15 is 0 Å². The zero-order chi connectivity index (χ0) is 41.6. The van der Waals surface area contributed by atoms with Gasteiger partial charge in [0.15, 0.2) is 20.6 Å². The number of aromatic amines is 1. The maximum Gasteiger partial charge on any atom is 0.325 e. The Kier molecular flexibility index (Phi) is 16.4. The van der Waals surface area contributed by atoms with Gasteiger partial charge in [-0.2, -0.15) is 0 Å². The van der Waals surface area contributed by atoms with Gasteiger partial charge in [-0.1, -0.05) is 63.4 Å². The lowest BCUT2D eigenvalue weighted by Gasteiger charge is -2.14. The molecule has 0 aliphatic rings. The Hall–Kier alpha value is -5.11. The molecule has 2 aromatic carbocycles. The molecule has 0 bridgehead atoms. The Morgan fingerprint density at radius 2 is 1.40 bits per heavy atom. The summed E-state index contributed by atoms with van der Waals surface area (Å²) in [6.07, 6.45) is 8.72. The molecule has 0 saturated carbocycles. The van der Waals surface area contributed by atoms with Crippen molar-refractivity contribution in [2.75, 3.05) is 34.5 Å². The molecule has 0 radical (unpaired) electrons. The quantitative estimate of drug-likeness (QED) is 0.0583. The maximum atomic E-state index is 12.5. The minimum absolute atomic E-state index is 0.172. The van der Waals surface area contributed by atoms with Crippen LogP contribution in [-0.4, -0.2) is 60.0 Å². The van der Waals surface area contributed by atoms with Crippen LogP contribution < -0.4 is 30.7 Å². The minimum atomic E-state index is -0.356. The second kappa shape index (κ2) is 21.6. The number of thiazole rings is 2. The molecular formula is C39H49N11O4S4. The highest BCUT2D eigenvalue weighted by molar-refractivity contribution is 7.99. The van der Waals surface area contributed by atoms with Gasteiger partial charge in [-0.05, 0) is 68.0 Å². The molecule has 5 N–H and O–H groups in total. The fourth-order valence-electron chi connectivity index (χ4n) is 4.76. The Balaban J connectivity index is 0.000000221. The highest BCUT2D eigenvalue weighted by Gasteiger charge is 2.16. The van der Waals surface area contributed by atoms with Crippen molar-refractivity contribution >= 4 is 79.9 Å². The average molecular weight is 864 g/mol. The summed E-state index contributed by atoms with van der Waals surface area (Å²) in [5, 5.41) is 22.1. The van der Waals surface area contributed by atoms with Gasteiger partial charge in [-0.3, -0.25) is 10.6 Å². The van der Waals surface area contributed by atoms with Crippen molar-refractivity contribution in [2.24, 2.45) is 18.9 Å². The van der Waals surface area contributed by atoms with Gasteiger partial charge in [0.05, 0.1) is 24.6 Å². The Morgan fingerprint density at radius 3 is 1.93 bits per heavy atom. The SMILES string of the molecule is Cc1ccc(NC(=O)Nc2ncc(C(C)Sc3ncc[nH]3)s2)c(OCC(C)C)c1.Cc1ccc(NC(=O)Nc2ncc(CSc3nncn3C)s2)c(OCC(C)C)c1. The molecule has 58 heavy (non-hydrogen) atoms. The van der Waals surface area contributed by atoms with Crippen molar-refractivity contribution in [1.29, 1.82) is 0 Å². The molecule has 19 heteroatoms. The van der Waals surface area contributed by atoms with Crippen molar-refractivity contribution in [3.8, 4) is 11.5 Å². The Morgan fingerprint density at radius 1 is 0.810 bits per heavy atom. The number of benzene rings is 2. The molecule has 0 aliphatic carbocycles. The van der Waals surface area contributed by atoms with Crippen LogP contribution in [0.1, 0.15) is 60.7 Å². The fourth-order valence-corrected chi connectivity index (χ4v) is 8.28. The number of imidazole rings is 1. The predicted octanol–water partition coefficient (Wildman–Crippen LogP) is 10.3. The summed E-state index contributed by atoms with van der Waals surface area (Å²) in [4.78, 5) is 42.9. The zero-order valence-electron chi connectivity index (χ0n) is 33.7. The summed E-state index contributed by atoms with van der Waals surface area (Å²) in [5.41, 5.74) is 3.40. The van der Waals surface area contributed by atoms with E-state index in [2.05, 4.69) is 86.0 Å². The van der Waals surface area contributed by atoms with Gasteiger partial charge in [-0.15, -0.1) is 32.9 Å². The van der Waals surface area contributed by atoms with E-state index < -0.39 is 0 Å². The summed E-state index contributed by atoms with van der Waals surface area (Å²) < 4.78 is 13.5. The van der Waals surface area contributed by atoms with Gasteiger partial charge in [0.1, 0.15) is 17.8 Å². The number of thioether (sulfide) groups is 2. The summed E-state index contributed by atoms with van der Waals surface area (Å²) in [6, 6.07) is 10.7. The number of nitrogens with zero attached hydrogens (tertiary/aromatic N) is 6. The number of anilines is 4. The third kappa shape index (κ3) is 14.1. The zero-order valence-corrected chi connectivity index (χ0v) is 36.9. The smallest absolute Gasteiger partial charge is 0.325 e. The number of H-pyrrole nitrogens is 1. The summed E-state index contributed by atoms with van der Waals surface area (Å²) in [6.45, 7) is 15.6. The molecule has 0 aliphatic heterocycles. The van der Waals surface area contributed by atoms with Gasteiger partial charge in [-0.25, -0.2) is 24.5 Å². The first kappa shape index (κ1) is 44.0. The Bertz CT molecular complexity index is 2220. The van der Waals surface area contributed by atoms with E-state index in [-0.39, 0.29) is 17.3 Å². The van der Waals surface area contributed by atoms with Gasteiger partial charge in [0.2, 0.25) is 0 Å². The van der Waals surface area contributed by atoms with E-state index in [1.54, 1.807) is 54.6 Å². The molecule has 0 saturated heterocycles. The molecule has 308 valence electrons. The number of aryl methyl sites for hydroxylation is 3. The molecular weight excluding hydrogens is 815 g/mol. The lowest BCUT2D eigenvalue weighted by Crippen LogP contribution is -2.20. The number of aromatic nitrogens is 7. The van der Waals surface area contributed by atoms with Crippen LogP contribution in [0, 0.1) is 25.7 Å². The monoisotopic (exact) mass is 863 g/mol. The first-order valence-electron chi connectivity index (χ1n) is 18.5. The van der Waals surface area contributed by atoms with E-state index in [1.807, 2.05) is 61.9 Å². The molecule has 15 nitrogen and oxygen atoms in total. The van der Waals surface area contributed by atoms with Gasteiger partial charge in [0.25, 0.3) is 0 Å². The predicted molar refractivity (Wildman–Crippen MR) is 236 cm³/mol. The second-order valence-corrected chi connectivity index (χ2v) is 18.4. The third-order valence-electron chi connectivity index (χ3n) is 7.61. The van der Waals surface area contributed by atoms with Crippen molar-refractivity contribution in [3.05, 3.63) is 88.4 Å². The number of rotatable bonds is 16. The number of hydrogen-bond donors (Lipinski definition) is 5. The number of urea groups is 2. The van der Waals surface area contributed by atoms with Crippen LogP contribution in [0.2, 0.25) is 0 Å². The highest BCUT2D eigenvalue weighted by Crippen LogP contribution is 2.37. The molecule has 0 spiro atoms. The van der Waals surface area contributed by atoms with Crippen molar-refractivity contribution < 1.29 is 19.1 Å². The number of carbonyl (C=O) groups is 2. The maximum absolute atomic E-state index is 12.5. The van der Waals surface area contributed by atoms with Crippen LogP contribution in [0.15, 0.2) is 77.8 Å². The average Bonchev–Trinajstić information content (AvgIpc) is 4.01. The third-order valence-corrected chi connectivity index (χ3v) is 12.1. The number of carbonyl (C=O) groups excluding carboxylic acids is 2. The van der Waals surface area contributed by atoms with Crippen LogP contribution in [0.4, 0.5) is 31.2 Å². The molecule has 4 aromatic heterocycles. The standard InChI is InChI=1S/C20H25N5O2S2.C19H24N6O2S2/c1-12(2)11-27-16-9-13(3)5-6-15(16)24-18(26)25-20-23-10-17(29-20)14(4)28-19-21-7-8-22-19;1-12(2)9-27-16-7-13(3)5-6-15(16)22-17(26)23-18-20-8-14(29-18)10-28-19-24-21-11-25(19)4/h5-10,12,14H,11H2,1-4H3,(H,21,22)(H2,23,24,25,26);5-8,11-12H,9-10H2,1-4H3,(H2,20,22,23,26). The van der Waals surface area contributed by atoms with E-state index in [4.69, 9.17) is 9.47 Å². The molecule has 1 unspecified atom stereocenters. The van der Waals surface area contributed by atoms with Gasteiger partial charge < -0.3 is 29.7 Å². The van der Waals surface area contributed by atoms with E-state index in [0.717, 1.165) is 31.2 Å². The topological polar surface area (TPSA) is 186 Å². The number of amides is 4. The van der Waals surface area contributed by atoms with Crippen molar-refractivity contribution in [1.82, 2.24) is 34.7 Å². The highest BCUT2D eigenvalue weighted by atomic mass is 32.2. The number of nitrogens with one attached hydrogen (secondary N) is 5. The van der Waals surface area contributed by atoms with Crippen LogP contribution in [0.25, 0.3) is 0 Å². The fraction of sp³-hybridized carbons (Fsp3) is 0.359. The Labute approximate surface area is 355 Å². The normalized spacial score (nSPS) is 11.5.